The molecule has 0 aliphatic carbocycles. The van der Waals surface area contributed by atoms with Gasteiger partial charge in [0.05, 0.1) is 23.4 Å². The molecule has 6 heteroatoms. The number of nitrogens with one attached hydrogen (secondary N) is 1. The summed E-state index contributed by atoms with van der Waals surface area (Å²) in [5, 5.41) is 4.03. The Labute approximate surface area is 168 Å². The average Bonchev–Trinajstić information content (AvgIpc) is 3.03. The van der Waals surface area contributed by atoms with E-state index in [4.69, 9.17) is 20.8 Å². The number of hydrogen-bond donors (Lipinski definition) is 1. The number of aryl methyl sites for hydroxylation is 4. The highest BCUT2D eigenvalue weighted by atomic mass is 35.5. The Morgan fingerprint density at radius 2 is 1.86 bits per heavy atom. The van der Waals surface area contributed by atoms with E-state index in [9.17, 15) is 9.59 Å². The number of carbonyl (C=O) groups excluding carboxylic acids is 2. The van der Waals surface area contributed by atoms with Crippen LogP contribution >= 0.6 is 11.6 Å². The molecule has 0 fully saturated rings. The SMILES string of the molecule is Cc1cc(C)c(NC(=O)COC(=O)Cc2coc3c(C)c(C)ccc23)c(Cl)c1. The molecule has 0 unspecified atom stereocenters. The fraction of sp³-hybridized carbons (Fsp3) is 0.273. The van der Waals surface area contributed by atoms with Gasteiger partial charge in [0.1, 0.15) is 5.58 Å². The molecule has 3 aromatic rings. The first-order chi connectivity index (χ1) is 13.3. The van der Waals surface area contributed by atoms with Crippen molar-refractivity contribution in [1.82, 2.24) is 0 Å². The molecule has 0 bridgehead atoms. The second kappa shape index (κ2) is 8.07. The number of benzene rings is 2. The van der Waals surface area contributed by atoms with Crippen molar-refractivity contribution in [2.24, 2.45) is 0 Å². The molecule has 0 radical (unpaired) electrons. The van der Waals surface area contributed by atoms with Gasteiger partial charge in [-0.25, -0.2) is 0 Å². The van der Waals surface area contributed by atoms with Crippen molar-refractivity contribution in [1.29, 1.82) is 0 Å². The standard InChI is InChI=1S/C22H22ClNO4/c1-12-7-14(3)21(18(23)8-12)24-19(25)11-27-20(26)9-16-10-28-22-15(4)13(2)5-6-17(16)22/h5-8,10H,9,11H2,1-4H3,(H,24,25). The zero-order valence-corrected chi connectivity index (χ0v) is 17.1. The van der Waals surface area contributed by atoms with Gasteiger partial charge >= 0.3 is 5.97 Å². The van der Waals surface area contributed by atoms with Gasteiger partial charge in [-0.2, -0.15) is 0 Å². The first-order valence-corrected chi connectivity index (χ1v) is 9.32. The van der Waals surface area contributed by atoms with Crippen LogP contribution in [-0.4, -0.2) is 18.5 Å². The summed E-state index contributed by atoms with van der Waals surface area (Å²) >= 11 is 6.18. The molecular weight excluding hydrogens is 378 g/mol. The lowest BCUT2D eigenvalue weighted by Gasteiger charge is -2.11. The van der Waals surface area contributed by atoms with Gasteiger partial charge in [-0.1, -0.05) is 29.8 Å². The summed E-state index contributed by atoms with van der Waals surface area (Å²) in [4.78, 5) is 24.3. The summed E-state index contributed by atoms with van der Waals surface area (Å²) in [7, 11) is 0. The number of esters is 1. The van der Waals surface area contributed by atoms with Gasteiger partial charge in [-0.05, 0) is 56.0 Å². The lowest BCUT2D eigenvalue weighted by molar-refractivity contribution is -0.146. The number of fused-ring (bicyclic) bond motifs is 1. The number of amides is 1. The molecule has 0 aliphatic rings. The van der Waals surface area contributed by atoms with Crippen molar-refractivity contribution < 1.29 is 18.7 Å². The smallest absolute Gasteiger partial charge is 0.310 e. The Bertz CT molecular complexity index is 1040. The number of carbonyl (C=O) groups is 2. The van der Waals surface area contributed by atoms with E-state index in [1.807, 2.05) is 45.9 Å². The zero-order chi connectivity index (χ0) is 20.4. The maximum Gasteiger partial charge on any atom is 0.310 e. The highest BCUT2D eigenvalue weighted by Gasteiger charge is 2.16. The number of rotatable bonds is 5. The molecule has 0 saturated carbocycles. The molecule has 28 heavy (non-hydrogen) atoms. The Balaban J connectivity index is 1.61. The number of anilines is 1. The van der Waals surface area contributed by atoms with Crippen LogP contribution in [-0.2, 0) is 20.7 Å². The second-order valence-corrected chi connectivity index (χ2v) is 7.38. The monoisotopic (exact) mass is 399 g/mol. The second-order valence-electron chi connectivity index (χ2n) is 6.97. The van der Waals surface area contributed by atoms with Gasteiger partial charge in [0, 0.05) is 10.9 Å². The van der Waals surface area contributed by atoms with E-state index in [1.165, 1.54) is 0 Å². The molecule has 0 saturated heterocycles. The maximum absolute atomic E-state index is 12.2. The molecule has 3 rings (SSSR count). The molecule has 0 aliphatic heterocycles. The molecule has 0 spiro atoms. The Morgan fingerprint density at radius 1 is 1.11 bits per heavy atom. The first kappa shape index (κ1) is 20.0. The van der Waals surface area contributed by atoms with Crippen molar-refractivity contribution in [3.05, 3.63) is 63.4 Å². The van der Waals surface area contributed by atoms with E-state index in [1.54, 1.807) is 12.3 Å². The third kappa shape index (κ3) is 4.20. The van der Waals surface area contributed by atoms with Gasteiger partial charge in [0.25, 0.3) is 5.91 Å². The van der Waals surface area contributed by atoms with Crippen LogP contribution < -0.4 is 5.32 Å². The van der Waals surface area contributed by atoms with Crippen molar-refractivity contribution in [3.8, 4) is 0 Å². The van der Waals surface area contributed by atoms with Crippen molar-refractivity contribution in [3.63, 3.8) is 0 Å². The Morgan fingerprint density at radius 3 is 2.57 bits per heavy atom. The molecule has 0 atom stereocenters. The third-order valence-corrected chi connectivity index (χ3v) is 5.03. The normalized spacial score (nSPS) is 10.9. The Kier molecular flexibility index (Phi) is 5.75. The average molecular weight is 400 g/mol. The molecule has 1 aromatic heterocycles. The fourth-order valence-corrected chi connectivity index (χ4v) is 3.50. The van der Waals surface area contributed by atoms with E-state index in [0.717, 1.165) is 38.8 Å². The zero-order valence-electron chi connectivity index (χ0n) is 16.3. The highest BCUT2D eigenvalue weighted by Crippen LogP contribution is 2.28. The number of furan rings is 1. The minimum Gasteiger partial charge on any atom is -0.464 e. The quantitative estimate of drug-likeness (QED) is 0.610. The molecular formula is C22H22ClNO4. The van der Waals surface area contributed by atoms with Crippen LogP contribution in [0.4, 0.5) is 5.69 Å². The highest BCUT2D eigenvalue weighted by molar-refractivity contribution is 6.34. The molecule has 1 N–H and O–H groups in total. The van der Waals surface area contributed by atoms with Crippen molar-refractivity contribution in [2.45, 2.75) is 34.1 Å². The van der Waals surface area contributed by atoms with Gasteiger partial charge in [0.15, 0.2) is 6.61 Å². The number of ether oxygens (including phenoxy) is 1. The minimum absolute atomic E-state index is 0.0348. The molecule has 1 amide bonds. The summed E-state index contributed by atoms with van der Waals surface area (Å²) in [5.41, 5.74) is 6.05. The van der Waals surface area contributed by atoms with Gasteiger partial charge in [-0.15, -0.1) is 0 Å². The minimum atomic E-state index is -0.497. The lowest BCUT2D eigenvalue weighted by atomic mass is 10.0. The van der Waals surface area contributed by atoms with Crippen LogP contribution in [0.25, 0.3) is 11.0 Å². The Hall–Kier alpha value is -2.79. The molecule has 5 nitrogen and oxygen atoms in total. The van der Waals surface area contributed by atoms with Crippen LogP contribution in [0.15, 0.2) is 34.9 Å². The maximum atomic E-state index is 12.2. The van der Waals surface area contributed by atoms with Crippen LogP contribution in [0, 0.1) is 27.7 Å². The lowest BCUT2D eigenvalue weighted by Crippen LogP contribution is -2.22. The van der Waals surface area contributed by atoms with Gasteiger partial charge < -0.3 is 14.5 Å². The first-order valence-electron chi connectivity index (χ1n) is 8.94. The number of hydrogen-bond acceptors (Lipinski definition) is 4. The van der Waals surface area contributed by atoms with E-state index < -0.39 is 11.9 Å². The summed E-state index contributed by atoms with van der Waals surface area (Å²) in [5.74, 6) is -0.937. The topological polar surface area (TPSA) is 68.5 Å². The fourth-order valence-electron chi connectivity index (χ4n) is 3.13. The largest absolute Gasteiger partial charge is 0.464 e. The van der Waals surface area contributed by atoms with E-state index in [-0.39, 0.29) is 13.0 Å². The van der Waals surface area contributed by atoms with Gasteiger partial charge in [-0.3, -0.25) is 9.59 Å². The van der Waals surface area contributed by atoms with E-state index in [0.29, 0.717) is 10.7 Å². The molecule has 1 heterocycles. The van der Waals surface area contributed by atoms with E-state index >= 15 is 0 Å². The van der Waals surface area contributed by atoms with Crippen molar-refractivity contribution in [2.75, 3.05) is 11.9 Å². The van der Waals surface area contributed by atoms with Crippen LogP contribution in [0.1, 0.15) is 27.8 Å². The summed E-state index contributed by atoms with van der Waals surface area (Å²) < 4.78 is 10.7. The van der Waals surface area contributed by atoms with Crippen LogP contribution in [0.3, 0.4) is 0 Å². The summed E-state index contributed by atoms with van der Waals surface area (Å²) in [6.45, 7) is 7.39. The van der Waals surface area contributed by atoms with Gasteiger partial charge in [0.2, 0.25) is 0 Å². The van der Waals surface area contributed by atoms with Crippen LogP contribution in [0.2, 0.25) is 5.02 Å². The summed E-state index contributed by atoms with van der Waals surface area (Å²) in [6.07, 6.45) is 1.60. The molecule has 146 valence electrons. The van der Waals surface area contributed by atoms with Crippen molar-refractivity contribution >= 4 is 40.1 Å². The predicted octanol–water partition coefficient (Wildman–Crippen LogP) is 5.04. The van der Waals surface area contributed by atoms with E-state index in [2.05, 4.69) is 5.32 Å². The third-order valence-electron chi connectivity index (χ3n) is 4.74. The summed E-state index contributed by atoms with van der Waals surface area (Å²) in [6, 6.07) is 7.60. The van der Waals surface area contributed by atoms with Crippen LogP contribution in [0.5, 0.6) is 0 Å². The molecule has 2 aromatic carbocycles. The number of halogens is 1. The predicted molar refractivity (Wildman–Crippen MR) is 110 cm³/mol.